The first-order valence-corrected chi connectivity index (χ1v) is 16.5. The van der Waals surface area contributed by atoms with Gasteiger partial charge in [-0.1, -0.05) is 33.3 Å². The topological polar surface area (TPSA) is 82.1 Å². The minimum Gasteiger partial charge on any atom is -0.398 e. The molecule has 7 rings (SSSR count). The van der Waals surface area contributed by atoms with Gasteiger partial charge < -0.3 is 10.6 Å². The van der Waals surface area contributed by atoms with Crippen molar-refractivity contribution in [2.45, 2.75) is 128 Å². The fraction of sp³-hybridized carbons (Fsp3) is 0.686. The second-order valence-electron chi connectivity index (χ2n) is 14.3. The lowest BCUT2D eigenvalue weighted by Crippen LogP contribution is -2.54. The maximum absolute atomic E-state index is 12.8. The molecule has 42 heavy (non-hydrogen) atoms. The summed E-state index contributed by atoms with van der Waals surface area (Å²) in [5.41, 5.74) is 12.9. The van der Waals surface area contributed by atoms with Crippen molar-refractivity contribution >= 4 is 11.5 Å². The first-order valence-electron chi connectivity index (χ1n) is 16.5. The third kappa shape index (κ3) is 4.88. The van der Waals surface area contributed by atoms with Gasteiger partial charge >= 0.3 is 0 Å². The molecule has 1 spiro atoms. The van der Waals surface area contributed by atoms with E-state index >= 15 is 0 Å². The highest BCUT2D eigenvalue weighted by Gasteiger charge is 2.46. The summed E-state index contributed by atoms with van der Waals surface area (Å²) in [5.74, 6) is 3.27. The maximum atomic E-state index is 12.8. The predicted octanol–water partition coefficient (Wildman–Crippen LogP) is 6.63. The van der Waals surface area contributed by atoms with Crippen LogP contribution in [0.3, 0.4) is 0 Å². The van der Waals surface area contributed by atoms with E-state index in [4.69, 9.17) is 15.7 Å². The molecular weight excluding hydrogens is 523 g/mol. The van der Waals surface area contributed by atoms with Crippen molar-refractivity contribution in [1.82, 2.24) is 14.9 Å². The Morgan fingerprint density at radius 3 is 2.62 bits per heavy atom. The Labute approximate surface area is 251 Å². The molecule has 4 heterocycles. The van der Waals surface area contributed by atoms with Crippen molar-refractivity contribution < 1.29 is 4.39 Å². The number of hydrogen-bond donors (Lipinski definition) is 1. The summed E-state index contributed by atoms with van der Waals surface area (Å²) in [6.45, 7) is 14.2. The van der Waals surface area contributed by atoms with Crippen LogP contribution in [0.1, 0.15) is 119 Å². The average molecular weight is 573 g/mol. The van der Waals surface area contributed by atoms with Crippen LogP contribution in [0.2, 0.25) is 0 Å². The molecule has 3 fully saturated rings. The fourth-order valence-corrected chi connectivity index (χ4v) is 8.81. The number of nitrogens with zero attached hydrogens (tertiary/aromatic N) is 5. The van der Waals surface area contributed by atoms with E-state index in [0.717, 1.165) is 63.9 Å². The number of aryl methyl sites for hydroxylation is 1. The highest BCUT2D eigenvalue weighted by Crippen LogP contribution is 2.51. The van der Waals surface area contributed by atoms with E-state index in [1.807, 2.05) is 6.07 Å². The van der Waals surface area contributed by atoms with Gasteiger partial charge in [0.25, 0.3) is 0 Å². The molecule has 2 aliphatic carbocycles. The minimum atomic E-state index is -0.551. The molecular formula is C35H49FN6. The molecule has 6 nitrogen and oxygen atoms in total. The highest BCUT2D eigenvalue weighted by atomic mass is 19.1. The molecule has 2 N–H and O–H groups in total. The molecule has 0 saturated carbocycles. The Balaban J connectivity index is 0.000000265. The van der Waals surface area contributed by atoms with E-state index in [9.17, 15) is 9.65 Å². The molecule has 3 saturated heterocycles. The molecule has 3 aliphatic heterocycles. The lowest BCUT2D eigenvalue weighted by atomic mass is 9.64. The predicted molar refractivity (Wildman–Crippen MR) is 168 cm³/mol. The number of hydrogen-bond acceptors (Lipinski definition) is 6. The van der Waals surface area contributed by atoms with E-state index < -0.39 is 6.17 Å². The molecule has 5 aliphatic rings. The Morgan fingerprint density at radius 2 is 1.93 bits per heavy atom. The number of nitrogen functional groups attached to an aromatic ring is 1. The van der Waals surface area contributed by atoms with E-state index in [-0.39, 0.29) is 11.0 Å². The smallest absolute Gasteiger partial charge is 0.136 e. The normalized spacial score (nSPS) is 33.5. The number of nitrogens with two attached hydrogens (primary N) is 1. The summed E-state index contributed by atoms with van der Waals surface area (Å²) < 4.78 is 12.8. The van der Waals surface area contributed by atoms with Crippen molar-refractivity contribution in [3.05, 3.63) is 45.9 Å². The Morgan fingerprint density at radius 1 is 1.12 bits per heavy atom. The van der Waals surface area contributed by atoms with Crippen LogP contribution in [0, 0.1) is 17.2 Å². The third-order valence-corrected chi connectivity index (χ3v) is 11.6. The summed E-state index contributed by atoms with van der Waals surface area (Å²) >= 11 is 0. The van der Waals surface area contributed by atoms with Gasteiger partial charge in [0.05, 0.1) is 11.3 Å². The molecule has 0 radical (unpaired) electrons. The molecule has 0 bridgehead atoms. The number of halogens is 1. The van der Waals surface area contributed by atoms with Gasteiger partial charge in [0.1, 0.15) is 23.9 Å². The van der Waals surface area contributed by atoms with E-state index in [0.29, 0.717) is 35.7 Å². The van der Waals surface area contributed by atoms with Gasteiger partial charge in [-0.25, -0.2) is 14.4 Å². The highest BCUT2D eigenvalue weighted by molar-refractivity contribution is 5.64. The summed E-state index contributed by atoms with van der Waals surface area (Å²) in [6.07, 6.45) is 9.87. The van der Waals surface area contributed by atoms with Gasteiger partial charge in [-0.2, -0.15) is 5.26 Å². The standard InChI is InChI=1S/C27H35N5.C8H14FN/c1-5-24-30-23-13-27(12-10-20(23)26(31-24)32-15-17(3)18(32)4)11-6-7-16(2)19-8-9-22(29)21(14-28)25(19)27;1-8-3-2-4-10(8)6-7(9)5-8/h8-9,16-18H,5-7,10-13,15,29H2,1-4H3;7H,2-6H2,1H3/t16-,17?,18?,27-;/m0./s1. The van der Waals surface area contributed by atoms with Crippen LogP contribution in [-0.4, -0.2) is 52.3 Å². The van der Waals surface area contributed by atoms with Crippen LogP contribution in [0.4, 0.5) is 15.9 Å². The second-order valence-corrected chi connectivity index (χ2v) is 14.3. The van der Waals surface area contributed by atoms with Gasteiger partial charge in [0.2, 0.25) is 0 Å². The van der Waals surface area contributed by atoms with Gasteiger partial charge in [-0.05, 0) is 101 Å². The van der Waals surface area contributed by atoms with Crippen molar-refractivity contribution in [2.75, 3.05) is 30.3 Å². The number of aromatic nitrogens is 2. The average Bonchev–Trinajstić information content (AvgIpc) is 3.42. The maximum Gasteiger partial charge on any atom is 0.136 e. The van der Waals surface area contributed by atoms with E-state index in [1.165, 1.54) is 47.5 Å². The van der Waals surface area contributed by atoms with Crippen molar-refractivity contribution in [3.63, 3.8) is 0 Å². The van der Waals surface area contributed by atoms with Crippen LogP contribution in [-0.2, 0) is 24.7 Å². The molecule has 7 heteroatoms. The lowest BCUT2D eigenvalue weighted by Gasteiger charge is -2.48. The molecule has 4 unspecified atom stereocenters. The van der Waals surface area contributed by atoms with E-state index in [1.54, 1.807) is 0 Å². The molecule has 1 aromatic carbocycles. The zero-order chi connectivity index (χ0) is 29.8. The fourth-order valence-electron chi connectivity index (χ4n) is 8.81. The summed E-state index contributed by atoms with van der Waals surface area (Å²) in [7, 11) is 0. The number of alkyl halides is 1. The first kappa shape index (κ1) is 29.4. The molecule has 1 aromatic heterocycles. The van der Waals surface area contributed by atoms with Crippen LogP contribution in [0.15, 0.2) is 12.1 Å². The van der Waals surface area contributed by atoms with Gasteiger partial charge in [0.15, 0.2) is 0 Å². The van der Waals surface area contributed by atoms with Crippen LogP contribution in [0.25, 0.3) is 0 Å². The Kier molecular flexibility index (Phi) is 7.75. The summed E-state index contributed by atoms with van der Waals surface area (Å²) in [4.78, 5) is 14.9. The number of rotatable bonds is 2. The van der Waals surface area contributed by atoms with Gasteiger partial charge in [0, 0.05) is 47.8 Å². The summed E-state index contributed by atoms with van der Waals surface area (Å²) in [5, 5.41) is 10.1. The molecule has 226 valence electrons. The first-order chi connectivity index (χ1) is 20.1. The SMILES string of the molecule is CC12CCCN1CC(F)C2.CCc1nc2c(c(N3CC(C)C3C)n1)CC[C@@]1(CCC[C@H](C)c3ccc(N)c(C#N)c31)C2. The van der Waals surface area contributed by atoms with Crippen molar-refractivity contribution in [2.24, 2.45) is 5.92 Å². The molecule has 2 aromatic rings. The van der Waals surface area contributed by atoms with E-state index in [2.05, 4.69) is 56.6 Å². The quantitative estimate of drug-likeness (QED) is 0.407. The Hall–Kier alpha value is -2.72. The zero-order valence-electron chi connectivity index (χ0n) is 26.3. The van der Waals surface area contributed by atoms with Crippen LogP contribution in [0.5, 0.6) is 0 Å². The van der Waals surface area contributed by atoms with Gasteiger partial charge in [-0.3, -0.25) is 4.90 Å². The number of benzene rings is 1. The van der Waals surface area contributed by atoms with Gasteiger partial charge in [-0.15, -0.1) is 0 Å². The monoisotopic (exact) mass is 572 g/mol. The summed E-state index contributed by atoms with van der Waals surface area (Å²) in [6, 6.07) is 7.13. The lowest BCUT2D eigenvalue weighted by molar-refractivity contribution is 0.217. The second kappa shape index (κ2) is 11.1. The Bertz CT molecular complexity index is 1380. The minimum absolute atomic E-state index is 0.0575. The zero-order valence-corrected chi connectivity index (χ0v) is 26.3. The number of nitriles is 1. The number of fused-ring (bicyclic) bond motifs is 4. The van der Waals surface area contributed by atoms with Crippen molar-refractivity contribution in [1.29, 1.82) is 5.26 Å². The van der Waals surface area contributed by atoms with Crippen LogP contribution >= 0.6 is 0 Å². The molecule has 6 atom stereocenters. The third-order valence-electron chi connectivity index (χ3n) is 11.6. The molecule has 0 amide bonds. The largest absolute Gasteiger partial charge is 0.398 e. The van der Waals surface area contributed by atoms with Crippen LogP contribution < -0.4 is 10.6 Å². The number of anilines is 2. The van der Waals surface area contributed by atoms with Crippen molar-refractivity contribution in [3.8, 4) is 6.07 Å².